The Kier molecular flexibility index (Phi) is 10.0. The van der Waals surface area contributed by atoms with Crippen LogP contribution in [0.3, 0.4) is 0 Å². The molecule has 3 amide bonds. The number of nitrogens with one attached hydrogen (secondary N) is 1. The zero-order chi connectivity index (χ0) is 26.0. The summed E-state index contributed by atoms with van der Waals surface area (Å²) in [6.45, 7) is 5.59. The number of nitrogens with two attached hydrogens (primary N) is 2. The standard InChI is InChI=1S/C24H36N6O5/c1-24(2,3)35-23(34)28-15-20(32)29-14-8-12-19(29)21(33)30(17-9-5-4-6-10-17)18(16-31)11-7-13-27-22(25)26/h4-6,9-10,16,18-19H,7-8,11-15H2,1-3H3,(H,28,34)(H4,25,26,27)/t18-,19-/m0/s1. The Morgan fingerprint density at radius 2 is 1.94 bits per heavy atom. The number of ether oxygens (including phenoxy) is 1. The van der Waals surface area contributed by atoms with Gasteiger partial charge < -0.3 is 36.1 Å². The lowest BCUT2D eigenvalue weighted by atomic mass is 10.1. The molecule has 0 aromatic heterocycles. The Balaban J connectivity index is 2.16. The molecule has 0 aliphatic carbocycles. The number of aldehydes is 1. The molecular weight excluding hydrogens is 452 g/mol. The number of alkyl carbamates (subject to hydrolysis) is 1. The van der Waals surface area contributed by atoms with E-state index in [2.05, 4.69) is 10.3 Å². The summed E-state index contributed by atoms with van der Waals surface area (Å²) in [5.41, 5.74) is 10.6. The highest BCUT2D eigenvalue weighted by atomic mass is 16.6. The molecule has 2 atom stereocenters. The Labute approximate surface area is 205 Å². The lowest BCUT2D eigenvalue weighted by molar-refractivity contribution is -0.137. The highest BCUT2D eigenvalue weighted by Gasteiger charge is 2.39. The Bertz CT molecular complexity index is 911. The van der Waals surface area contributed by atoms with E-state index in [0.717, 1.165) is 6.29 Å². The quantitative estimate of drug-likeness (QED) is 0.193. The Hall–Kier alpha value is -3.63. The number of hydrogen-bond acceptors (Lipinski definition) is 6. The summed E-state index contributed by atoms with van der Waals surface area (Å²) in [6.07, 6.45) is 1.95. The number of aliphatic imine (C=N–C) groups is 1. The highest BCUT2D eigenvalue weighted by Crippen LogP contribution is 2.26. The van der Waals surface area contributed by atoms with Crippen molar-refractivity contribution >= 4 is 35.8 Å². The third-order valence-corrected chi connectivity index (χ3v) is 5.35. The molecule has 35 heavy (non-hydrogen) atoms. The van der Waals surface area contributed by atoms with E-state index in [4.69, 9.17) is 16.2 Å². The number of hydrogen-bond donors (Lipinski definition) is 3. The molecule has 11 heteroatoms. The maximum absolute atomic E-state index is 13.7. The van der Waals surface area contributed by atoms with Crippen molar-refractivity contribution in [2.24, 2.45) is 16.5 Å². The van der Waals surface area contributed by atoms with Gasteiger partial charge in [0.2, 0.25) is 11.8 Å². The van der Waals surface area contributed by atoms with Gasteiger partial charge in [-0.2, -0.15) is 0 Å². The first-order chi connectivity index (χ1) is 16.5. The van der Waals surface area contributed by atoms with Crippen molar-refractivity contribution in [2.75, 3.05) is 24.5 Å². The van der Waals surface area contributed by atoms with Crippen LogP contribution in [0.4, 0.5) is 10.5 Å². The van der Waals surface area contributed by atoms with Crippen LogP contribution >= 0.6 is 0 Å². The number of para-hydroxylation sites is 1. The predicted octanol–water partition coefficient (Wildman–Crippen LogP) is 1.16. The van der Waals surface area contributed by atoms with Crippen LogP contribution in [0.25, 0.3) is 0 Å². The number of anilines is 1. The van der Waals surface area contributed by atoms with Gasteiger partial charge in [-0.05, 0) is 58.6 Å². The fourth-order valence-electron chi connectivity index (χ4n) is 3.88. The lowest BCUT2D eigenvalue weighted by Gasteiger charge is -2.33. The van der Waals surface area contributed by atoms with E-state index in [1.165, 1.54) is 9.80 Å². The lowest BCUT2D eigenvalue weighted by Crippen LogP contribution is -2.53. The summed E-state index contributed by atoms with van der Waals surface area (Å²) in [5.74, 6) is -0.780. The van der Waals surface area contributed by atoms with Crippen LogP contribution < -0.4 is 21.7 Å². The minimum atomic E-state index is -0.753. The molecular formula is C24H36N6O5. The number of guanidine groups is 1. The molecule has 1 aromatic carbocycles. The maximum atomic E-state index is 13.7. The fourth-order valence-corrected chi connectivity index (χ4v) is 3.88. The number of amides is 3. The largest absolute Gasteiger partial charge is 0.444 e. The summed E-state index contributed by atoms with van der Waals surface area (Å²) in [5, 5.41) is 2.45. The molecule has 1 aliphatic rings. The van der Waals surface area contributed by atoms with Crippen molar-refractivity contribution in [3.63, 3.8) is 0 Å². The molecule has 1 fully saturated rings. The molecule has 11 nitrogen and oxygen atoms in total. The van der Waals surface area contributed by atoms with E-state index >= 15 is 0 Å². The summed E-state index contributed by atoms with van der Waals surface area (Å²) in [7, 11) is 0. The number of likely N-dealkylation sites (tertiary alicyclic amines) is 1. The first kappa shape index (κ1) is 27.6. The average Bonchev–Trinajstić information content (AvgIpc) is 3.28. The SMILES string of the molecule is CC(C)(C)OC(=O)NCC(=O)N1CCC[C@H]1C(=O)N(c1ccccc1)[C@H](C=O)CCCN=C(N)N. The van der Waals surface area contributed by atoms with Gasteiger partial charge in [0.1, 0.15) is 24.5 Å². The van der Waals surface area contributed by atoms with Crippen molar-refractivity contribution in [1.29, 1.82) is 0 Å². The zero-order valence-corrected chi connectivity index (χ0v) is 20.6. The topological polar surface area (TPSA) is 160 Å². The summed E-state index contributed by atoms with van der Waals surface area (Å²) < 4.78 is 5.17. The number of carbonyl (C=O) groups excluding carboxylic acids is 4. The molecule has 1 aromatic rings. The molecule has 5 N–H and O–H groups in total. The molecule has 1 saturated heterocycles. The second-order valence-corrected chi connectivity index (χ2v) is 9.30. The van der Waals surface area contributed by atoms with E-state index in [0.29, 0.717) is 44.5 Å². The van der Waals surface area contributed by atoms with Crippen molar-refractivity contribution in [1.82, 2.24) is 10.2 Å². The number of benzene rings is 1. The number of carbonyl (C=O) groups is 4. The molecule has 2 rings (SSSR count). The second kappa shape index (κ2) is 12.7. The third-order valence-electron chi connectivity index (χ3n) is 5.35. The van der Waals surface area contributed by atoms with Crippen LogP contribution in [-0.2, 0) is 19.1 Å². The fraction of sp³-hybridized carbons (Fsp3) is 0.542. The first-order valence-electron chi connectivity index (χ1n) is 11.7. The Morgan fingerprint density at radius 3 is 2.54 bits per heavy atom. The van der Waals surface area contributed by atoms with E-state index in [9.17, 15) is 19.2 Å². The Morgan fingerprint density at radius 1 is 1.26 bits per heavy atom. The van der Waals surface area contributed by atoms with Crippen molar-refractivity contribution in [2.45, 2.75) is 64.1 Å². The van der Waals surface area contributed by atoms with Crippen molar-refractivity contribution < 1.29 is 23.9 Å². The van der Waals surface area contributed by atoms with Crippen LogP contribution in [0, 0.1) is 0 Å². The molecule has 0 bridgehead atoms. The first-order valence-corrected chi connectivity index (χ1v) is 11.7. The van der Waals surface area contributed by atoms with Gasteiger partial charge in [0.25, 0.3) is 0 Å². The number of nitrogens with zero attached hydrogens (tertiary/aromatic N) is 3. The van der Waals surface area contributed by atoms with Crippen LogP contribution in [0.2, 0.25) is 0 Å². The van der Waals surface area contributed by atoms with E-state index in [-0.39, 0.29) is 18.4 Å². The van der Waals surface area contributed by atoms with Crippen LogP contribution in [0.15, 0.2) is 35.3 Å². The average molecular weight is 489 g/mol. The normalized spacial score (nSPS) is 16.2. The monoisotopic (exact) mass is 488 g/mol. The summed E-state index contributed by atoms with van der Waals surface area (Å²) in [4.78, 5) is 57.4. The van der Waals surface area contributed by atoms with Gasteiger partial charge in [-0.15, -0.1) is 0 Å². The van der Waals surface area contributed by atoms with Crippen LogP contribution in [0.5, 0.6) is 0 Å². The van der Waals surface area contributed by atoms with E-state index in [1.54, 1.807) is 45.0 Å². The molecule has 1 heterocycles. The second-order valence-electron chi connectivity index (χ2n) is 9.30. The van der Waals surface area contributed by atoms with Gasteiger partial charge in [-0.1, -0.05) is 18.2 Å². The molecule has 0 radical (unpaired) electrons. The van der Waals surface area contributed by atoms with Gasteiger partial charge in [0.05, 0.1) is 6.04 Å². The minimum Gasteiger partial charge on any atom is -0.444 e. The molecule has 0 saturated carbocycles. The third kappa shape index (κ3) is 8.58. The molecule has 192 valence electrons. The number of rotatable bonds is 10. The molecule has 1 aliphatic heterocycles. The molecule has 0 spiro atoms. The minimum absolute atomic E-state index is 0.0382. The summed E-state index contributed by atoms with van der Waals surface area (Å²) >= 11 is 0. The smallest absolute Gasteiger partial charge is 0.408 e. The van der Waals surface area contributed by atoms with Crippen LogP contribution in [-0.4, -0.2) is 72.4 Å². The van der Waals surface area contributed by atoms with Gasteiger partial charge in [-0.25, -0.2) is 4.79 Å². The van der Waals surface area contributed by atoms with Gasteiger partial charge in [0, 0.05) is 18.8 Å². The summed E-state index contributed by atoms with van der Waals surface area (Å²) in [6, 6.07) is 7.36. The van der Waals surface area contributed by atoms with E-state index < -0.39 is 29.7 Å². The van der Waals surface area contributed by atoms with Crippen LogP contribution in [0.1, 0.15) is 46.5 Å². The van der Waals surface area contributed by atoms with Gasteiger partial charge in [-0.3, -0.25) is 14.6 Å². The predicted molar refractivity (Wildman–Crippen MR) is 133 cm³/mol. The van der Waals surface area contributed by atoms with Gasteiger partial charge >= 0.3 is 6.09 Å². The zero-order valence-electron chi connectivity index (χ0n) is 20.6. The van der Waals surface area contributed by atoms with E-state index in [1.807, 2.05) is 6.07 Å². The maximum Gasteiger partial charge on any atom is 0.408 e. The highest BCUT2D eigenvalue weighted by molar-refractivity contribution is 6.02. The van der Waals surface area contributed by atoms with Gasteiger partial charge in [0.15, 0.2) is 5.96 Å². The van der Waals surface area contributed by atoms with Crippen molar-refractivity contribution in [3.05, 3.63) is 30.3 Å². The molecule has 0 unspecified atom stereocenters. The van der Waals surface area contributed by atoms with Crippen molar-refractivity contribution in [3.8, 4) is 0 Å².